The number of ether oxygens (including phenoxy) is 2. The predicted octanol–water partition coefficient (Wildman–Crippen LogP) is 2.01. The molecule has 1 aliphatic rings. The predicted molar refractivity (Wildman–Crippen MR) is 94.0 cm³/mol. The van der Waals surface area contributed by atoms with Gasteiger partial charge in [0.2, 0.25) is 0 Å². The van der Waals surface area contributed by atoms with Crippen molar-refractivity contribution in [3.05, 3.63) is 0 Å². The van der Waals surface area contributed by atoms with Crippen LogP contribution in [0.4, 0.5) is 0 Å². The maximum atomic E-state index is 5.73. The van der Waals surface area contributed by atoms with Crippen molar-refractivity contribution in [2.75, 3.05) is 40.0 Å². The zero-order chi connectivity index (χ0) is 14.1. The summed E-state index contributed by atoms with van der Waals surface area (Å²) in [4.78, 5) is 4.20. The van der Waals surface area contributed by atoms with Crippen molar-refractivity contribution in [3.63, 3.8) is 0 Å². The van der Waals surface area contributed by atoms with Gasteiger partial charge in [-0.05, 0) is 25.7 Å². The third kappa shape index (κ3) is 8.26. The minimum Gasteiger partial charge on any atom is -0.379 e. The number of nitrogens with one attached hydrogen (secondary N) is 2. The standard InChI is InChI=1S/C14H29N3O2.HI/c1-12(2)10-18-9-7-16-13(15-4)17-11-14(3)6-5-8-19-14;/h12H,5-11H2,1-4H3,(H2,15,16,17);1H. The molecule has 20 heavy (non-hydrogen) atoms. The number of hydrogen-bond donors (Lipinski definition) is 2. The van der Waals surface area contributed by atoms with Gasteiger partial charge in [0.1, 0.15) is 0 Å². The fourth-order valence-corrected chi connectivity index (χ4v) is 2.03. The van der Waals surface area contributed by atoms with Crippen molar-refractivity contribution < 1.29 is 9.47 Å². The smallest absolute Gasteiger partial charge is 0.191 e. The van der Waals surface area contributed by atoms with E-state index in [0.717, 1.165) is 45.1 Å². The number of rotatable bonds is 7. The van der Waals surface area contributed by atoms with E-state index in [1.165, 1.54) is 0 Å². The highest BCUT2D eigenvalue weighted by Crippen LogP contribution is 2.23. The molecule has 0 aliphatic carbocycles. The van der Waals surface area contributed by atoms with Gasteiger partial charge in [-0.3, -0.25) is 4.99 Å². The summed E-state index contributed by atoms with van der Waals surface area (Å²) in [5, 5.41) is 6.55. The molecule has 120 valence electrons. The first kappa shape index (κ1) is 19.9. The zero-order valence-corrected chi connectivity index (χ0v) is 15.5. The Balaban J connectivity index is 0.00000361. The molecule has 0 saturated carbocycles. The average molecular weight is 399 g/mol. The summed E-state index contributed by atoms with van der Waals surface area (Å²) < 4.78 is 11.3. The second kappa shape index (κ2) is 10.6. The van der Waals surface area contributed by atoms with Gasteiger partial charge >= 0.3 is 0 Å². The molecule has 1 heterocycles. The highest BCUT2D eigenvalue weighted by atomic mass is 127. The van der Waals surface area contributed by atoms with Gasteiger partial charge in [0, 0.05) is 33.4 Å². The molecular weight excluding hydrogens is 369 g/mol. The minimum absolute atomic E-state index is 0. The van der Waals surface area contributed by atoms with E-state index in [4.69, 9.17) is 9.47 Å². The molecule has 1 unspecified atom stereocenters. The van der Waals surface area contributed by atoms with E-state index in [1.54, 1.807) is 7.05 Å². The number of guanidine groups is 1. The Labute approximate surface area is 140 Å². The van der Waals surface area contributed by atoms with Crippen molar-refractivity contribution in [1.29, 1.82) is 0 Å². The summed E-state index contributed by atoms with van der Waals surface area (Å²) >= 11 is 0. The van der Waals surface area contributed by atoms with E-state index in [9.17, 15) is 0 Å². The third-order valence-corrected chi connectivity index (χ3v) is 3.14. The lowest BCUT2D eigenvalue weighted by molar-refractivity contribution is 0.0242. The van der Waals surface area contributed by atoms with Gasteiger partial charge in [0.05, 0.1) is 12.2 Å². The van der Waals surface area contributed by atoms with Gasteiger partial charge in [-0.1, -0.05) is 13.8 Å². The molecule has 1 fully saturated rings. The molecule has 1 rings (SSSR count). The van der Waals surface area contributed by atoms with Gasteiger partial charge in [0.25, 0.3) is 0 Å². The van der Waals surface area contributed by atoms with Gasteiger partial charge in [-0.25, -0.2) is 0 Å². The van der Waals surface area contributed by atoms with Crippen LogP contribution in [0.15, 0.2) is 4.99 Å². The quantitative estimate of drug-likeness (QED) is 0.298. The maximum Gasteiger partial charge on any atom is 0.191 e. The largest absolute Gasteiger partial charge is 0.379 e. The Hall–Kier alpha value is -0.0800. The van der Waals surface area contributed by atoms with E-state index in [1.807, 2.05) is 0 Å². The summed E-state index contributed by atoms with van der Waals surface area (Å²) in [6.45, 7) is 10.4. The lowest BCUT2D eigenvalue weighted by Crippen LogP contribution is -2.46. The van der Waals surface area contributed by atoms with E-state index >= 15 is 0 Å². The van der Waals surface area contributed by atoms with Crippen LogP contribution < -0.4 is 10.6 Å². The van der Waals surface area contributed by atoms with E-state index in [-0.39, 0.29) is 29.6 Å². The molecule has 1 atom stereocenters. The first-order valence-corrected chi connectivity index (χ1v) is 7.22. The lowest BCUT2D eigenvalue weighted by Gasteiger charge is -2.24. The van der Waals surface area contributed by atoms with Crippen LogP contribution in [0.2, 0.25) is 0 Å². The van der Waals surface area contributed by atoms with Gasteiger partial charge in [0.15, 0.2) is 5.96 Å². The Morgan fingerprint density at radius 3 is 2.70 bits per heavy atom. The molecule has 0 aromatic rings. The van der Waals surface area contributed by atoms with Crippen molar-refractivity contribution in [3.8, 4) is 0 Å². The van der Waals surface area contributed by atoms with Crippen LogP contribution in [0.1, 0.15) is 33.6 Å². The topological polar surface area (TPSA) is 54.9 Å². The first-order valence-electron chi connectivity index (χ1n) is 7.22. The molecular formula is C14H30IN3O2. The average Bonchev–Trinajstić information content (AvgIpc) is 2.79. The molecule has 0 bridgehead atoms. The van der Waals surface area contributed by atoms with Gasteiger partial charge < -0.3 is 20.1 Å². The normalized spacial score (nSPS) is 22.8. The van der Waals surface area contributed by atoms with Crippen molar-refractivity contribution in [1.82, 2.24) is 10.6 Å². The molecule has 0 spiro atoms. The van der Waals surface area contributed by atoms with Crippen LogP contribution in [-0.2, 0) is 9.47 Å². The highest BCUT2D eigenvalue weighted by molar-refractivity contribution is 14.0. The summed E-state index contributed by atoms with van der Waals surface area (Å²) in [7, 11) is 1.78. The molecule has 1 saturated heterocycles. The van der Waals surface area contributed by atoms with Crippen LogP contribution in [0.3, 0.4) is 0 Å². The lowest BCUT2D eigenvalue weighted by atomic mass is 10.0. The fraction of sp³-hybridized carbons (Fsp3) is 0.929. The summed E-state index contributed by atoms with van der Waals surface area (Å²) in [5.74, 6) is 1.39. The molecule has 6 heteroatoms. The highest BCUT2D eigenvalue weighted by Gasteiger charge is 2.29. The SMILES string of the molecule is CN=C(NCCOCC(C)C)NCC1(C)CCCO1.I. The van der Waals surface area contributed by atoms with Crippen molar-refractivity contribution >= 4 is 29.9 Å². The molecule has 0 radical (unpaired) electrons. The second-order valence-electron chi connectivity index (χ2n) is 5.72. The number of halogens is 1. The van der Waals surface area contributed by atoms with Gasteiger partial charge in [-0.2, -0.15) is 0 Å². The number of aliphatic imine (C=N–C) groups is 1. The summed E-state index contributed by atoms with van der Waals surface area (Å²) in [6, 6.07) is 0. The summed E-state index contributed by atoms with van der Waals surface area (Å²) in [6.07, 6.45) is 2.25. The second-order valence-corrected chi connectivity index (χ2v) is 5.72. The van der Waals surface area contributed by atoms with Crippen LogP contribution in [0, 0.1) is 5.92 Å². The van der Waals surface area contributed by atoms with Crippen LogP contribution >= 0.6 is 24.0 Å². The van der Waals surface area contributed by atoms with Gasteiger partial charge in [-0.15, -0.1) is 24.0 Å². The van der Waals surface area contributed by atoms with Crippen molar-refractivity contribution in [2.24, 2.45) is 10.9 Å². The van der Waals surface area contributed by atoms with E-state index < -0.39 is 0 Å². The van der Waals surface area contributed by atoms with E-state index in [2.05, 4.69) is 36.4 Å². The third-order valence-electron chi connectivity index (χ3n) is 3.14. The summed E-state index contributed by atoms with van der Waals surface area (Å²) in [5.41, 5.74) is -0.0498. The van der Waals surface area contributed by atoms with Crippen LogP contribution in [0.25, 0.3) is 0 Å². The Kier molecular flexibility index (Phi) is 10.6. The monoisotopic (exact) mass is 399 g/mol. The Morgan fingerprint density at radius 1 is 1.40 bits per heavy atom. The molecule has 0 amide bonds. The molecule has 5 nitrogen and oxygen atoms in total. The van der Waals surface area contributed by atoms with Crippen LogP contribution in [0.5, 0.6) is 0 Å². The molecule has 1 aliphatic heterocycles. The number of nitrogens with zero attached hydrogens (tertiary/aromatic N) is 1. The van der Waals surface area contributed by atoms with E-state index in [0.29, 0.717) is 12.5 Å². The minimum atomic E-state index is -0.0498. The van der Waals surface area contributed by atoms with Crippen molar-refractivity contribution in [2.45, 2.75) is 39.2 Å². The zero-order valence-electron chi connectivity index (χ0n) is 13.2. The Bertz CT molecular complexity index is 280. The number of hydrogen-bond acceptors (Lipinski definition) is 3. The first-order chi connectivity index (χ1) is 9.06. The Morgan fingerprint density at radius 2 is 2.15 bits per heavy atom. The molecule has 0 aromatic carbocycles. The van der Waals surface area contributed by atoms with Crippen LogP contribution in [-0.4, -0.2) is 51.5 Å². The maximum absolute atomic E-state index is 5.73. The fourth-order valence-electron chi connectivity index (χ4n) is 2.03. The molecule has 0 aromatic heterocycles. The molecule has 2 N–H and O–H groups in total.